The predicted octanol–water partition coefficient (Wildman–Crippen LogP) is 3.62. The number of hydrogen-bond donors (Lipinski definition) is 4. The monoisotopic (exact) mass is 504 g/mol. The Kier molecular flexibility index (Phi) is 6.50. The van der Waals surface area contributed by atoms with Crippen molar-refractivity contribution in [2.75, 3.05) is 43.5 Å². The van der Waals surface area contributed by atoms with E-state index in [1.54, 1.807) is 0 Å². The van der Waals surface area contributed by atoms with Gasteiger partial charge in [0.05, 0.1) is 12.8 Å². The summed E-state index contributed by atoms with van der Waals surface area (Å²) in [4.78, 5) is 17.6. The molecule has 3 aliphatic rings. The van der Waals surface area contributed by atoms with E-state index < -0.39 is 0 Å². The Labute approximate surface area is 217 Å². The van der Waals surface area contributed by atoms with E-state index in [1.165, 1.54) is 0 Å². The Morgan fingerprint density at radius 1 is 1.16 bits per heavy atom. The number of carbonyl (C=O) groups excluding carboxylic acids is 1. The number of aliphatic hydroxyl groups is 1. The lowest BCUT2D eigenvalue weighted by molar-refractivity contribution is 0.0699. The van der Waals surface area contributed by atoms with E-state index >= 15 is 0 Å². The van der Waals surface area contributed by atoms with Crippen molar-refractivity contribution in [2.45, 2.75) is 51.5 Å². The minimum absolute atomic E-state index is 0.00601. The van der Waals surface area contributed by atoms with Crippen molar-refractivity contribution < 1.29 is 14.6 Å². The first-order chi connectivity index (χ1) is 18.0. The predicted molar refractivity (Wildman–Crippen MR) is 143 cm³/mol. The highest BCUT2D eigenvalue weighted by Crippen LogP contribution is 2.45. The van der Waals surface area contributed by atoms with Crippen LogP contribution in [-0.2, 0) is 4.74 Å². The van der Waals surface area contributed by atoms with Gasteiger partial charge in [-0.2, -0.15) is 9.61 Å². The van der Waals surface area contributed by atoms with E-state index in [-0.39, 0.29) is 17.9 Å². The molecule has 0 atom stereocenters. The van der Waals surface area contributed by atoms with E-state index in [0.717, 1.165) is 92.3 Å². The van der Waals surface area contributed by atoms with Gasteiger partial charge in [-0.3, -0.25) is 4.79 Å². The van der Waals surface area contributed by atoms with Gasteiger partial charge in [0.2, 0.25) is 0 Å². The minimum Gasteiger partial charge on any atom is -0.396 e. The van der Waals surface area contributed by atoms with Crippen molar-refractivity contribution >= 4 is 23.2 Å². The van der Waals surface area contributed by atoms with Gasteiger partial charge in [-0.1, -0.05) is 12.1 Å². The maximum Gasteiger partial charge on any atom is 0.251 e. The molecule has 0 radical (unpaired) electrons. The molecule has 1 aliphatic heterocycles. The van der Waals surface area contributed by atoms with Gasteiger partial charge in [0.1, 0.15) is 11.6 Å². The maximum absolute atomic E-state index is 12.6. The van der Waals surface area contributed by atoms with Crippen LogP contribution in [0.15, 0.2) is 30.5 Å². The van der Waals surface area contributed by atoms with Crippen LogP contribution >= 0.6 is 0 Å². The van der Waals surface area contributed by atoms with Crippen LogP contribution in [0.3, 0.4) is 0 Å². The van der Waals surface area contributed by atoms with Crippen LogP contribution in [0.25, 0.3) is 16.8 Å². The van der Waals surface area contributed by atoms with Gasteiger partial charge in [-0.05, 0) is 68.6 Å². The summed E-state index contributed by atoms with van der Waals surface area (Å²) in [7, 11) is 0. The third kappa shape index (κ3) is 5.29. The second kappa shape index (κ2) is 9.95. The first-order valence-electron chi connectivity index (χ1n) is 13.5. The third-order valence-corrected chi connectivity index (χ3v) is 8.02. The van der Waals surface area contributed by atoms with Gasteiger partial charge in [0.15, 0.2) is 5.65 Å². The number of anilines is 2. The number of fused-ring (bicyclic) bond motifs is 1. The number of rotatable bonds is 10. The molecular formula is C28H36N6O3. The molecule has 0 spiro atoms. The molecule has 1 saturated heterocycles. The number of aliphatic hydroxyl groups excluding tert-OH is 1. The Hall–Kier alpha value is -3.17. The normalized spacial score (nSPS) is 19.1. The van der Waals surface area contributed by atoms with E-state index in [9.17, 15) is 9.90 Å². The molecule has 4 N–H and O–H groups in total. The maximum atomic E-state index is 12.6. The summed E-state index contributed by atoms with van der Waals surface area (Å²) >= 11 is 0. The number of nitrogens with zero attached hydrogens (tertiary/aromatic N) is 3. The molecule has 0 bridgehead atoms. The van der Waals surface area contributed by atoms with Crippen molar-refractivity contribution in [1.82, 2.24) is 19.9 Å². The second-order valence-corrected chi connectivity index (χ2v) is 11.0. The number of nitrogens with one attached hydrogen (secondary N) is 3. The van der Waals surface area contributed by atoms with Gasteiger partial charge in [-0.25, -0.2) is 4.98 Å². The summed E-state index contributed by atoms with van der Waals surface area (Å²) in [5, 5.41) is 24.6. The van der Waals surface area contributed by atoms with Gasteiger partial charge < -0.3 is 25.8 Å². The number of benzene rings is 1. The highest BCUT2D eigenvalue weighted by Gasteiger charge is 2.41. The molecule has 1 amide bonds. The number of aromatic nitrogens is 3. The van der Waals surface area contributed by atoms with E-state index in [1.807, 2.05) is 41.9 Å². The van der Waals surface area contributed by atoms with Crippen LogP contribution in [0.1, 0.15) is 54.4 Å². The summed E-state index contributed by atoms with van der Waals surface area (Å²) in [5.41, 5.74) is 4.26. The summed E-state index contributed by atoms with van der Waals surface area (Å²) in [5.74, 6) is 2.20. The van der Waals surface area contributed by atoms with Crippen molar-refractivity contribution in [3.8, 4) is 11.1 Å². The van der Waals surface area contributed by atoms with Gasteiger partial charge in [0.25, 0.3) is 5.91 Å². The quantitative estimate of drug-likeness (QED) is 0.334. The number of amides is 1. The molecule has 2 saturated carbocycles. The highest BCUT2D eigenvalue weighted by molar-refractivity contribution is 5.97. The molecular weight excluding hydrogens is 468 g/mol. The molecule has 1 aromatic carbocycles. The summed E-state index contributed by atoms with van der Waals surface area (Å²) in [6, 6.07) is 8.26. The lowest BCUT2D eigenvalue weighted by Gasteiger charge is -2.23. The molecule has 9 heteroatoms. The molecule has 2 aromatic heterocycles. The zero-order valence-electron chi connectivity index (χ0n) is 21.4. The Morgan fingerprint density at radius 3 is 2.68 bits per heavy atom. The van der Waals surface area contributed by atoms with Crippen molar-refractivity contribution in [3.05, 3.63) is 41.6 Å². The molecule has 6 rings (SSSR count). The van der Waals surface area contributed by atoms with Gasteiger partial charge >= 0.3 is 0 Å². The summed E-state index contributed by atoms with van der Waals surface area (Å²) in [6.45, 7) is 5.33. The average Bonchev–Trinajstić information content (AvgIpc) is 3.85. The zero-order valence-corrected chi connectivity index (χ0v) is 21.4. The number of aryl methyl sites for hydroxylation is 1. The number of hydrogen-bond acceptors (Lipinski definition) is 7. The molecule has 3 heterocycles. The smallest absolute Gasteiger partial charge is 0.251 e. The fourth-order valence-corrected chi connectivity index (χ4v) is 5.00. The zero-order chi connectivity index (χ0) is 25.4. The van der Waals surface area contributed by atoms with Crippen LogP contribution in [0.5, 0.6) is 0 Å². The molecule has 2 aliphatic carbocycles. The molecule has 37 heavy (non-hydrogen) atoms. The van der Waals surface area contributed by atoms with Gasteiger partial charge in [-0.15, -0.1) is 0 Å². The highest BCUT2D eigenvalue weighted by atomic mass is 16.5. The molecule has 196 valence electrons. The third-order valence-electron chi connectivity index (χ3n) is 8.02. The Morgan fingerprint density at radius 2 is 1.97 bits per heavy atom. The number of ether oxygens (including phenoxy) is 1. The van der Waals surface area contributed by atoms with E-state index in [0.29, 0.717) is 24.1 Å². The molecule has 3 aromatic rings. The van der Waals surface area contributed by atoms with Crippen LogP contribution in [0.4, 0.5) is 11.6 Å². The average molecular weight is 505 g/mol. The van der Waals surface area contributed by atoms with E-state index in [2.05, 4.69) is 16.0 Å². The van der Waals surface area contributed by atoms with Crippen LogP contribution in [-0.4, -0.2) is 64.6 Å². The summed E-state index contributed by atoms with van der Waals surface area (Å²) < 4.78 is 7.38. The molecule has 9 nitrogen and oxygen atoms in total. The SMILES string of the molecule is Cc1cc(-c2cnn3c(NCC4CCOCC4)cc(NCC4(CO)CC4)nc23)ccc1C(=O)NC1CC1. The largest absolute Gasteiger partial charge is 0.396 e. The lowest BCUT2D eigenvalue weighted by atomic mass is 10.0. The summed E-state index contributed by atoms with van der Waals surface area (Å²) in [6.07, 6.45) is 8.15. The first-order valence-corrected chi connectivity index (χ1v) is 13.5. The first kappa shape index (κ1) is 24.2. The van der Waals surface area contributed by atoms with Crippen molar-refractivity contribution in [1.29, 1.82) is 0 Å². The van der Waals surface area contributed by atoms with E-state index in [4.69, 9.17) is 14.8 Å². The topological polar surface area (TPSA) is 113 Å². The Bertz CT molecular complexity index is 1290. The lowest BCUT2D eigenvalue weighted by Crippen LogP contribution is -2.26. The Balaban J connectivity index is 1.30. The minimum atomic E-state index is -0.0272. The second-order valence-electron chi connectivity index (χ2n) is 11.0. The standard InChI is InChI=1S/C28H36N6O3/c1-18-12-20(2-5-22(18)27(36)32-21-3-4-21)23-15-31-34-25(29-14-19-6-10-37-11-7-19)13-24(33-26(23)34)30-16-28(17-35)8-9-28/h2,5,12-13,15,19,21,29,35H,3-4,6-11,14,16-17H2,1H3,(H,30,33)(H,32,36). The van der Waals surface area contributed by atoms with Crippen molar-refractivity contribution in [3.63, 3.8) is 0 Å². The fraction of sp³-hybridized carbons (Fsp3) is 0.536. The van der Waals surface area contributed by atoms with Gasteiger partial charge in [0, 0.05) is 55.0 Å². The van der Waals surface area contributed by atoms with Crippen LogP contribution in [0, 0.1) is 18.3 Å². The van der Waals surface area contributed by atoms with Crippen molar-refractivity contribution in [2.24, 2.45) is 11.3 Å². The molecule has 0 unspecified atom stereocenters. The molecule has 3 fully saturated rings. The van der Waals surface area contributed by atoms with Crippen LogP contribution < -0.4 is 16.0 Å². The van der Waals surface area contributed by atoms with Crippen LogP contribution in [0.2, 0.25) is 0 Å². The number of carbonyl (C=O) groups is 1. The fourth-order valence-electron chi connectivity index (χ4n) is 5.00.